The van der Waals surface area contributed by atoms with Crippen LogP contribution in [0.15, 0.2) is 59.0 Å². The molecule has 0 saturated carbocycles. The molecule has 1 heterocycles. The van der Waals surface area contributed by atoms with Crippen molar-refractivity contribution < 1.29 is 9.07 Å². The lowest BCUT2D eigenvalue weighted by Gasteiger charge is -2.39. The Morgan fingerprint density at radius 1 is 0.839 bits per heavy atom. The van der Waals surface area contributed by atoms with Gasteiger partial charge in [-0.2, -0.15) is 0 Å². The average molecular weight is 410 g/mol. The van der Waals surface area contributed by atoms with Gasteiger partial charge in [-0.3, -0.25) is 0 Å². The standard InChI is InChI=1S/C28H31BO2/c1-26(2,3)28(6,7)31-29-17-12-13-18-21(16-17)27(4,5)20-14-15-23-25(24(18)20)19-10-8-9-11-22(19)30-23/h8-16,29H,1-7H3. The van der Waals surface area contributed by atoms with Crippen LogP contribution in [0, 0.1) is 5.41 Å². The van der Waals surface area contributed by atoms with E-state index in [1.54, 1.807) is 0 Å². The number of benzene rings is 3. The number of hydrogen-bond acceptors (Lipinski definition) is 2. The van der Waals surface area contributed by atoms with Gasteiger partial charge in [-0.25, -0.2) is 0 Å². The Morgan fingerprint density at radius 2 is 1.58 bits per heavy atom. The van der Waals surface area contributed by atoms with Crippen molar-refractivity contribution in [2.24, 2.45) is 5.41 Å². The van der Waals surface area contributed by atoms with Crippen LogP contribution < -0.4 is 5.46 Å². The molecule has 0 atom stereocenters. The topological polar surface area (TPSA) is 22.4 Å². The molecule has 1 aromatic heterocycles. The lowest BCUT2D eigenvalue weighted by Crippen LogP contribution is -2.42. The average Bonchev–Trinajstić information content (AvgIpc) is 3.19. The van der Waals surface area contributed by atoms with E-state index < -0.39 is 0 Å². The lowest BCUT2D eigenvalue weighted by molar-refractivity contribution is 0.00504. The molecule has 158 valence electrons. The van der Waals surface area contributed by atoms with Gasteiger partial charge in [-0.1, -0.05) is 82.5 Å². The predicted octanol–water partition coefficient (Wildman–Crippen LogP) is 6.71. The highest BCUT2D eigenvalue weighted by Crippen LogP contribution is 2.52. The molecule has 0 unspecified atom stereocenters. The zero-order chi connectivity index (χ0) is 22.2. The monoisotopic (exact) mass is 410 g/mol. The highest BCUT2D eigenvalue weighted by Gasteiger charge is 2.38. The molecule has 5 rings (SSSR count). The van der Waals surface area contributed by atoms with Crippen molar-refractivity contribution in [1.82, 2.24) is 0 Å². The summed E-state index contributed by atoms with van der Waals surface area (Å²) >= 11 is 0. The van der Waals surface area contributed by atoms with Gasteiger partial charge in [0.25, 0.3) is 0 Å². The first kappa shape index (κ1) is 20.4. The molecule has 0 N–H and O–H groups in total. The normalized spacial score (nSPS) is 15.3. The molecule has 0 amide bonds. The van der Waals surface area contributed by atoms with E-state index >= 15 is 0 Å². The van der Waals surface area contributed by atoms with Crippen molar-refractivity contribution in [2.45, 2.75) is 59.5 Å². The fraction of sp³-hybridized carbons (Fsp3) is 0.357. The highest BCUT2D eigenvalue weighted by molar-refractivity contribution is 6.47. The molecule has 4 aromatic rings. The molecular weight excluding hydrogens is 379 g/mol. The Labute approximate surface area is 185 Å². The molecule has 2 nitrogen and oxygen atoms in total. The molecule has 0 fully saturated rings. The van der Waals surface area contributed by atoms with E-state index in [0.29, 0.717) is 7.48 Å². The Morgan fingerprint density at radius 3 is 2.32 bits per heavy atom. The molecular formula is C28H31BO2. The minimum absolute atomic E-state index is 0.0627. The first-order valence-corrected chi connectivity index (χ1v) is 11.2. The zero-order valence-electron chi connectivity index (χ0n) is 19.7. The summed E-state index contributed by atoms with van der Waals surface area (Å²) < 4.78 is 12.6. The summed E-state index contributed by atoms with van der Waals surface area (Å²) in [6.07, 6.45) is 0. The molecule has 0 saturated heterocycles. The van der Waals surface area contributed by atoms with Crippen LogP contribution in [0.4, 0.5) is 0 Å². The minimum atomic E-state index is -0.202. The Balaban J connectivity index is 1.63. The van der Waals surface area contributed by atoms with Crippen LogP contribution in [0.5, 0.6) is 0 Å². The maximum absolute atomic E-state index is 6.39. The SMILES string of the molecule is CC1(C)c2cc(BOC(C)(C)C(C)(C)C)ccc2-c2c1ccc1oc3ccccc3c21. The number of para-hydroxylation sites is 1. The number of hydrogen-bond donors (Lipinski definition) is 0. The molecule has 0 spiro atoms. The molecule has 1 aliphatic rings. The molecule has 1 aliphatic carbocycles. The third-order valence-electron chi connectivity index (χ3n) is 7.65. The fourth-order valence-electron chi connectivity index (χ4n) is 4.66. The van der Waals surface area contributed by atoms with E-state index in [9.17, 15) is 0 Å². The van der Waals surface area contributed by atoms with Gasteiger partial charge in [-0.15, -0.1) is 0 Å². The molecule has 0 bridgehead atoms. The van der Waals surface area contributed by atoms with E-state index in [2.05, 4.69) is 97.0 Å². The van der Waals surface area contributed by atoms with Crippen LogP contribution in [-0.2, 0) is 10.1 Å². The summed E-state index contributed by atoms with van der Waals surface area (Å²) in [5, 5.41) is 2.43. The zero-order valence-corrected chi connectivity index (χ0v) is 19.7. The smallest absolute Gasteiger partial charge is 0.309 e. The molecule has 31 heavy (non-hydrogen) atoms. The van der Waals surface area contributed by atoms with Crippen molar-refractivity contribution in [2.75, 3.05) is 0 Å². The van der Waals surface area contributed by atoms with Gasteiger partial charge in [0.05, 0.1) is 5.60 Å². The van der Waals surface area contributed by atoms with Crippen molar-refractivity contribution in [3.63, 3.8) is 0 Å². The van der Waals surface area contributed by atoms with E-state index in [1.807, 2.05) is 6.07 Å². The minimum Gasteiger partial charge on any atom is -0.456 e. The van der Waals surface area contributed by atoms with Crippen LogP contribution in [-0.4, -0.2) is 13.1 Å². The second-order valence-electron chi connectivity index (χ2n) is 11.0. The van der Waals surface area contributed by atoms with E-state index in [1.165, 1.54) is 38.5 Å². The van der Waals surface area contributed by atoms with Crippen molar-refractivity contribution in [3.8, 4) is 11.1 Å². The van der Waals surface area contributed by atoms with Crippen molar-refractivity contribution in [1.29, 1.82) is 0 Å². The van der Waals surface area contributed by atoms with E-state index in [0.717, 1.165) is 11.2 Å². The Bertz CT molecular complexity index is 1320. The summed E-state index contributed by atoms with van der Waals surface area (Å²) in [7, 11) is 0.619. The molecule has 0 radical (unpaired) electrons. The van der Waals surface area contributed by atoms with Gasteiger partial charge in [0.15, 0.2) is 0 Å². The van der Waals surface area contributed by atoms with Crippen molar-refractivity contribution in [3.05, 3.63) is 65.7 Å². The maximum Gasteiger partial charge on any atom is 0.309 e. The number of fused-ring (bicyclic) bond motifs is 7. The van der Waals surface area contributed by atoms with Gasteiger partial charge in [0, 0.05) is 16.2 Å². The van der Waals surface area contributed by atoms with Gasteiger partial charge in [-0.05, 0) is 53.6 Å². The summed E-state index contributed by atoms with van der Waals surface area (Å²) in [6, 6.07) is 19.6. The Hall–Kier alpha value is -2.52. The summed E-state index contributed by atoms with van der Waals surface area (Å²) in [6.45, 7) is 15.7. The van der Waals surface area contributed by atoms with E-state index in [4.69, 9.17) is 9.07 Å². The predicted molar refractivity (Wildman–Crippen MR) is 133 cm³/mol. The van der Waals surface area contributed by atoms with Crippen LogP contribution in [0.2, 0.25) is 0 Å². The lowest BCUT2D eigenvalue weighted by atomic mass is 9.75. The summed E-state index contributed by atoms with van der Waals surface area (Å²) in [5.74, 6) is 0. The van der Waals surface area contributed by atoms with Gasteiger partial charge in [0.1, 0.15) is 11.2 Å². The highest BCUT2D eigenvalue weighted by atomic mass is 16.5. The Kier molecular flexibility index (Phi) is 4.27. The quantitative estimate of drug-likeness (QED) is 0.350. The first-order chi connectivity index (χ1) is 14.5. The van der Waals surface area contributed by atoms with Crippen LogP contribution in [0.25, 0.3) is 33.1 Å². The molecule has 3 heteroatoms. The van der Waals surface area contributed by atoms with Gasteiger partial charge < -0.3 is 9.07 Å². The first-order valence-electron chi connectivity index (χ1n) is 11.2. The second-order valence-corrected chi connectivity index (χ2v) is 11.0. The van der Waals surface area contributed by atoms with Crippen LogP contribution in [0.1, 0.15) is 59.6 Å². The number of rotatable bonds is 3. The molecule has 3 aromatic carbocycles. The maximum atomic E-state index is 6.39. The van der Waals surface area contributed by atoms with Gasteiger partial charge in [0.2, 0.25) is 0 Å². The van der Waals surface area contributed by atoms with Crippen molar-refractivity contribution >= 4 is 34.9 Å². The van der Waals surface area contributed by atoms with Crippen LogP contribution >= 0.6 is 0 Å². The van der Waals surface area contributed by atoms with E-state index in [-0.39, 0.29) is 16.4 Å². The third kappa shape index (κ3) is 2.97. The van der Waals surface area contributed by atoms with Crippen LogP contribution in [0.3, 0.4) is 0 Å². The summed E-state index contributed by atoms with van der Waals surface area (Å²) in [5.41, 5.74) is 8.33. The largest absolute Gasteiger partial charge is 0.456 e. The summed E-state index contributed by atoms with van der Waals surface area (Å²) in [4.78, 5) is 0. The third-order valence-corrected chi connectivity index (χ3v) is 7.65. The fourth-order valence-corrected chi connectivity index (χ4v) is 4.66. The van der Waals surface area contributed by atoms with Gasteiger partial charge >= 0.3 is 7.48 Å². The second kappa shape index (κ2) is 6.49. The molecule has 0 aliphatic heterocycles. The number of furan rings is 1.